The summed E-state index contributed by atoms with van der Waals surface area (Å²) >= 11 is 3.32. The largest absolute Gasteiger partial charge is 0.416 e. The highest BCUT2D eigenvalue weighted by Crippen LogP contribution is 2.29. The first-order valence-electron chi connectivity index (χ1n) is 6.17. The molecular weight excluding hydrogens is 350 g/mol. The van der Waals surface area contributed by atoms with Crippen LogP contribution < -0.4 is 5.32 Å². The van der Waals surface area contributed by atoms with Gasteiger partial charge < -0.3 is 5.32 Å². The van der Waals surface area contributed by atoms with Crippen LogP contribution in [-0.2, 0) is 19.3 Å². The molecule has 2 aromatic rings. The van der Waals surface area contributed by atoms with Crippen LogP contribution in [0.3, 0.4) is 0 Å². The second kappa shape index (κ2) is 6.58. The second-order valence-corrected chi connectivity index (χ2v) is 5.39. The van der Waals surface area contributed by atoms with E-state index in [-0.39, 0.29) is 5.82 Å². The van der Waals surface area contributed by atoms with Crippen LogP contribution in [0.25, 0.3) is 0 Å². The van der Waals surface area contributed by atoms with Gasteiger partial charge >= 0.3 is 6.18 Å². The summed E-state index contributed by atoms with van der Waals surface area (Å²) in [5.41, 5.74) is 0.816. The fourth-order valence-corrected chi connectivity index (χ4v) is 2.22. The lowest BCUT2D eigenvalue weighted by atomic mass is 10.1. The van der Waals surface area contributed by atoms with Gasteiger partial charge in [-0.1, -0.05) is 28.1 Å². The van der Waals surface area contributed by atoms with Crippen LogP contribution in [0.4, 0.5) is 17.6 Å². The van der Waals surface area contributed by atoms with E-state index in [1.807, 2.05) is 0 Å². The number of rotatable bonds is 4. The van der Waals surface area contributed by atoms with Gasteiger partial charge in [-0.05, 0) is 41.5 Å². The van der Waals surface area contributed by atoms with E-state index in [9.17, 15) is 17.6 Å². The molecule has 0 atom stereocenters. The minimum atomic E-state index is -4.32. The number of nitrogens with one attached hydrogen (secondary N) is 1. The molecule has 0 bridgehead atoms. The zero-order chi connectivity index (χ0) is 15.5. The molecule has 0 saturated carbocycles. The summed E-state index contributed by atoms with van der Waals surface area (Å²) in [6.45, 7) is 0.820. The first kappa shape index (κ1) is 16.0. The molecule has 0 unspecified atom stereocenters. The molecule has 1 N–H and O–H groups in total. The van der Waals surface area contributed by atoms with E-state index in [0.717, 1.165) is 27.7 Å². The normalized spacial score (nSPS) is 11.7. The van der Waals surface area contributed by atoms with Gasteiger partial charge in [0.25, 0.3) is 0 Å². The van der Waals surface area contributed by atoms with Crippen molar-refractivity contribution >= 4 is 15.9 Å². The SMILES string of the molecule is Fc1ccc(Br)c(CNCc2ccc(C(F)(F)F)cc2)c1. The van der Waals surface area contributed by atoms with Crippen LogP contribution in [0.1, 0.15) is 16.7 Å². The predicted molar refractivity (Wildman–Crippen MR) is 76.1 cm³/mol. The lowest BCUT2D eigenvalue weighted by Crippen LogP contribution is -2.13. The van der Waals surface area contributed by atoms with Crippen molar-refractivity contribution in [3.05, 3.63) is 69.4 Å². The van der Waals surface area contributed by atoms with Gasteiger partial charge in [0.1, 0.15) is 5.82 Å². The third-order valence-corrected chi connectivity index (χ3v) is 3.71. The summed E-state index contributed by atoms with van der Waals surface area (Å²) in [4.78, 5) is 0. The van der Waals surface area contributed by atoms with Crippen molar-refractivity contribution in [2.24, 2.45) is 0 Å². The van der Waals surface area contributed by atoms with Gasteiger partial charge in [-0.2, -0.15) is 13.2 Å². The Kier molecular flexibility index (Phi) is 5.00. The quantitative estimate of drug-likeness (QED) is 0.764. The average Bonchev–Trinajstić information content (AvgIpc) is 2.42. The second-order valence-electron chi connectivity index (χ2n) is 4.53. The van der Waals surface area contributed by atoms with E-state index in [0.29, 0.717) is 13.1 Å². The molecule has 0 spiro atoms. The molecule has 6 heteroatoms. The summed E-state index contributed by atoms with van der Waals surface area (Å²) < 4.78 is 51.1. The Hall–Kier alpha value is -1.40. The van der Waals surface area contributed by atoms with E-state index in [1.54, 1.807) is 6.07 Å². The molecule has 1 nitrogen and oxygen atoms in total. The smallest absolute Gasteiger partial charge is 0.309 e. The molecule has 0 radical (unpaired) electrons. The lowest BCUT2D eigenvalue weighted by Gasteiger charge is -2.09. The minimum Gasteiger partial charge on any atom is -0.309 e. The Morgan fingerprint density at radius 1 is 0.952 bits per heavy atom. The maximum absolute atomic E-state index is 13.1. The minimum absolute atomic E-state index is 0.329. The molecule has 0 amide bonds. The first-order valence-corrected chi connectivity index (χ1v) is 6.96. The summed E-state index contributed by atoms with van der Waals surface area (Å²) in [5, 5.41) is 3.07. The molecule has 0 saturated heterocycles. The Labute approximate surface area is 128 Å². The molecule has 0 heterocycles. The van der Waals surface area contributed by atoms with Crippen LogP contribution in [0.15, 0.2) is 46.9 Å². The van der Waals surface area contributed by atoms with Crippen molar-refractivity contribution in [3.8, 4) is 0 Å². The maximum atomic E-state index is 13.1. The van der Waals surface area contributed by atoms with Crippen LogP contribution >= 0.6 is 15.9 Å². The Balaban J connectivity index is 1.93. The van der Waals surface area contributed by atoms with E-state index < -0.39 is 11.7 Å². The van der Waals surface area contributed by atoms with Crippen molar-refractivity contribution in [2.75, 3.05) is 0 Å². The number of benzene rings is 2. The molecule has 0 aliphatic rings. The molecule has 0 fully saturated rings. The highest BCUT2D eigenvalue weighted by Gasteiger charge is 2.29. The maximum Gasteiger partial charge on any atom is 0.416 e. The number of hydrogen-bond donors (Lipinski definition) is 1. The molecule has 2 rings (SSSR count). The molecule has 0 aliphatic carbocycles. The van der Waals surface area contributed by atoms with Gasteiger partial charge in [0.15, 0.2) is 0 Å². The van der Waals surface area contributed by atoms with Crippen molar-refractivity contribution in [3.63, 3.8) is 0 Å². The standard InChI is InChI=1S/C15H12BrF4N/c16-14-6-5-13(17)7-11(14)9-21-8-10-1-3-12(4-2-10)15(18,19)20/h1-7,21H,8-9H2. The summed E-state index contributed by atoms with van der Waals surface area (Å²) in [6.07, 6.45) is -4.32. The fraction of sp³-hybridized carbons (Fsp3) is 0.200. The molecule has 0 aliphatic heterocycles. The topological polar surface area (TPSA) is 12.0 Å². The number of hydrogen-bond acceptors (Lipinski definition) is 1. The highest BCUT2D eigenvalue weighted by molar-refractivity contribution is 9.10. The Morgan fingerprint density at radius 2 is 1.62 bits per heavy atom. The molecule has 112 valence electrons. The first-order chi connectivity index (χ1) is 9.86. The molecule has 21 heavy (non-hydrogen) atoms. The number of alkyl halides is 3. The van der Waals surface area contributed by atoms with Gasteiger partial charge in [0.2, 0.25) is 0 Å². The van der Waals surface area contributed by atoms with Crippen LogP contribution in [-0.4, -0.2) is 0 Å². The third kappa shape index (κ3) is 4.54. The van der Waals surface area contributed by atoms with Crippen LogP contribution in [0, 0.1) is 5.82 Å². The van der Waals surface area contributed by atoms with Gasteiger partial charge in [-0.15, -0.1) is 0 Å². The number of halogens is 5. The molecule has 0 aromatic heterocycles. The average molecular weight is 362 g/mol. The molecule has 2 aromatic carbocycles. The predicted octanol–water partition coefficient (Wildman–Crippen LogP) is 4.90. The van der Waals surface area contributed by atoms with Gasteiger partial charge in [0, 0.05) is 17.6 Å². The van der Waals surface area contributed by atoms with E-state index in [4.69, 9.17) is 0 Å². The lowest BCUT2D eigenvalue weighted by molar-refractivity contribution is -0.137. The molecular formula is C15H12BrF4N. The zero-order valence-corrected chi connectivity index (χ0v) is 12.4. The Morgan fingerprint density at radius 3 is 2.24 bits per heavy atom. The highest BCUT2D eigenvalue weighted by atomic mass is 79.9. The summed E-state index contributed by atoms with van der Waals surface area (Å²) in [6, 6.07) is 9.33. The fourth-order valence-electron chi connectivity index (χ4n) is 1.83. The van der Waals surface area contributed by atoms with E-state index >= 15 is 0 Å². The van der Waals surface area contributed by atoms with Crippen molar-refractivity contribution in [2.45, 2.75) is 19.3 Å². The summed E-state index contributed by atoms with van der Waals surface area (Å²) in [5.74, 6) is -0.329. The van der Waals surface area contributed by atoms with Crippen molar-refractivity contribution in [1.82, 2.24) is 5.32 Å². The van der Waals surface area contributed by atoms with Crippen molar-refractivity contribution < 1.29 is 17.6 Å². The van der Waals surface area contributed by atoms with Crippen LogP contribution in [0.5, 0.6) is 0 Å². The van der Waals surface area contributed by atoms with Crippen LogP contribution in [0.2, 0.25) is 0 Å². The summed E-state index contributed by atoms with van der Waals surface area (Å²) in [7, 11) is 0. The monoisotopic (exact) mass is 361 g/mol. The zero-order valence-electron chi connectivity index (χ0n) is 10.8. The third-order valence-electron chi connectivity index (χ3n) is 2.93. The Bertz CT molecular complexity index is 608. The van der Waals surface area contributed by atoms with E-state index in [2.05, 4.69) is 21.2 Å². The van der Waals surface area contributed by atoms with E-state index in [1.165, 1.54) is 24.3 Å². The van der Waals surface area contributed by atoms with Gasteiger partial charge in [0.05, 0.1) is 5.56 Å². The van der Waals surface area contributed by atoms with Crippen molar-refractivity contribution in [1.29, 1.82) is 0 Å². The van der Waals surface area contributed by atoms with Gasteiger partial charge in [-0.3, -0.25) is 0 Å². The van der Waals surface area contributed by atoms with Gasteiger partial charge in [-0.25, -0.2) is 4.39 Å².